The molecule has 2 aromatic heterocycles. The van der Waals surface area contributed by atoms with E-state index in [0.717, 1.165) is 46.1 Å². The zero-order chi connectivity index (χ0) is 25.5. The molecule has 9 heteroatoms. The van der Waals surface area contributed by atoms with Gasteiger partial charge in [-0.25, -0.2) is 9.36 Å². The number of imidazole rings is 1. The molecule has 0 radical (unpaired) electrons. The Balaban J connectivity index is 1.68. The molecule has 4 rings (SSSR count). The third-order valence-electron chi connectivity index (χ3n) is 6.28. The number of aromatic amines is 1. The third kappa shape index (κ3) is 5.10. The number of carbonyl (C=O) groups excluding carboxylic acids is 2. The lowest BCUT2D eigenvalue weighted by atomic mass is 9.98. The van der Waals surface area contributed by atoms with Crippen LogP contribution in [0.5, 0.6) is 0 Å². The molecule has 0 atom stereocenters. The molecule has 0 spiro atoms. The molecule has 0 aliphatic carbocycles. The van der Waals surface area contributed by atoms with Gasteiger partial charge in [0.1, 0.15) is 5.69 Å². The second-order valence-corrected chi connectivity index (χ2v) is 8.73. The van der Waals surface area contributed by atoms with Crippen LogP contribution in [0.2, 0.25) is 0 Å². The Kier molecular flexibility index (Phi) is 7.99. The number of rotatable bonds is 11. The summed E-state index contributed by atoms with van der Waals surface area (Å²) in [6.07, 6.45) is 4.68. The van der Waals surface area contributed by atoms with Crippen LogP contribution in [0.4, 0.5) is 0 Å². The number of carbonyl (C=O) groups is 2. The number of aldehydes is 1. The predicted molar refractivity (Wildman–Crippen MR) is 137 cm³/mol. The van der Waals surface area contributed by atoms with Crippen LogP contribution in [0.3, 0.4) is 0 Å². The van der Waals surface area contributed by atoms with Crippen LogP contribution >= 0.6 is 0 Å². The largest absolute Gasteiger partial charge is 0.336 e. The minimum Gasteiger partial charge on any atom is -0.296 e. The lowest BCUT2D eigenvalue weighted by molar-refractivity contribution is 0.0884. The van der Waals surface area contributed by atoms with E-state index < -0.39 is 5.69 Å². The topological polar surface area (TPSA) is 116 Å². The first-order chi connectivity index (χ1) is 17.6. The van der Waals surface area contributed by atoms with Gasteiger partial charge >= 0.3 is 5.69 Å². The van der Waals surface area contributed by atoms with Crippen molar-refractivity contribution >= 4 is 12.2 Å². The predicted octanol–water partition coefficient (Wildman–Crippen LogP) is 4.53. The highest BCUT2D eigenvalue weighted by atomic mass is 16.2. The normalized spacial score (nSPS) is 11.1. The van der Waals surface area contributed by atoms with E-state index in [2.05, 4.69) is 27.5 Å². The van der Waals surface area contributed by atoms with Crippen molar-refractivity contribution in [3.63, 3.8) is 0 Å². The number of hydrogen-bond donors (Lipinski definition) is 1. The van der Waals surface area contributed by atoms with Gasteiger partial charge in [0, 0.05) is 12.0 Å². The summed E-state index contributed by atoms with van der Waals surface area (Å²) in [5, 5.41) is 14.3. The summed E-state index contributed by atoms with van der Waals surface area (Å²) in [5.41, 5.74) is 4.03. The van der Waals surface area contributed by atoms with Crippen LogP contribution in [0.1, 0.15) is 72.5 Å². The van der Waals surface area contributed by atoms with Gasteiger partial charge in [0.25, 0.3) is 0 Å². The monoisotopic (exact) mass is 486 g/mol. The summed E-state index contributed by atoms with van der Waals surface area (Å²) in [7, 11) is 0. The van der Waals surface area contributed by atoms with Gasteiger partial charge < -0.3 is 0 Å². The molecule has 0 bridgehead atoms. The molecule has 2 aromatic carbocycles. The van der Waals surface area contributed by atoms with Crippen LogP contribution in [0.25, 0.3) is 22.5 Å². The Labute approximate surface area is 209 Å². The van der Waals surface area contributed by atoms with E-state index >= 15 is 0 Å². The maximum Gasteiger partial charge on any atom is 0.336 e. The lowest BCUT2D eigenvalue weighted by Crippen LogP contribution is -2.30. The maximum atomic E-state index is 13.3. The van der Waals surface area contributed by atoms with E-state index in [0.29, 0.717) is 30.6 Å². The first kappa shape index (κ1) is 25.0. The quantitative estimate of drug-likeness (QED) is 0.311. The van der Waals surface area contributed by atoms with Crippen molar-refractivity contribution in [3.8, 4) is 22.5 Å². The van der Waals surface area contributed by atoms with Crippen LogP contribution in [0.15, 0.2) is 53.3 Å². The number of nitrogens with zero attached hydrogens (tertiary/aromatic N) is 5. The highest BCUT2D eigenvalue weighted by molar-refractivity contribution is 5.87. The fourth-order valence-corrected chi connectivity index (χ4v) is 4.36. The van der Waals surface area contributed by atoms with Crippen molar-refractivity contribution in [2.45, 2.75) is 58.9 Å². The van der Waals surface area contributed by atoms with E-state index in [1.165, 1.54) is 0 Å². The van der Waals surface area contributed by atoms with Gasteiger partial charge in [0.2, 0.25) is 11.7 Å². The van der Waals surface area contributed by atoms with Crippen LogP contribution < -0.4 is 5.69 Å². The van der Waals surface area contributed by atoms with Gasteiger partial charge in [-0.15, -0.1) is 10.2 Å². The number of hydrogen-bond acceptors (Lipinski definition) is 6. The Hall–Kier alpha value is -4.14. The van der Waals surface area contributed by atoms with Gasteiger partial charge in [-0.2, -0.15) is 5.21 Å². The standard InChI is InChI=1S/C27H30N6O3/c1-3-5-11-23-24(18-34)33(25(35)12-6-4-2)27(36)32(23)17-19-13-15-20(16-14-19)21-9-7-8-10-22(21)26-28-30-31-29-26/h7-10,13-16,18H,3-6,11-12,17H2,1-2H3,(H,28,29,30,31). The van der Waals surface area contributed by atoms with Crippen molar-refractivity contribution in [1.82, 2.24) is 29.8 Å². The fourth-order valence-electron chi connectivity index (χ4n) is 4.36. The smallest absolute Gasteiger partial charge is 0.296 e. The van der Waals surface area contributed by atoms with Crippen LogP contribution in [-0.2, 0) is 13.0 Å². The first-order valence-corrected chi connectivity index (χ1v) is 12.3. The van der Waals surface area contributed by atoms with Crippen molar-refractivity contribution in [2.75, 3.05) is 0 Å². The van der Waals surface area contributed by atoms with Gasteiger partial charge in [-0.1, -0.05) is 75.2 Å². The van der Waals surface area contributed by atoms with E-state index in [4.69, 9.17) is 0 Å². The number of tetrazole rings is 1. The number of H-pyrrole nitrogens is 1. The minimum absolute atomic E-state index is 0.181. The van der Waals surface area contributed by atoms with Crippen molar-refractivity contribution in [2.24, 2.45) is 0 Å². The van der Waals surface area contributed by atoms with Gasteiger partial charge in [0.05, 0.1) is 12.2 Å². The molecule has 0 amide bonds. The lowest BCUT2D eigenvalue weighted by Gasteiger charge is -2.10. The number of nitrogens with one attached hydrogen (secondary N) is 1. The Morgan fingerprint density at radius 1 is 1.00 bits per heavy atom. The molecular formula is C27H30N6O3. The number of benzene rings is 2. The minimum atomic E-state index is -0.448. The average Bonchev–Trinajstić information content (AvgIpc) is 3.53. The molecule has 0 fully saturated rings. The summed E-state index contributed by atoms with van der Waals surface area (Å²) in [5.74, 6) is 0.186. The summed E-state index contributed by atoms with van der Waals surface area (Å²) in [6.45, 7) is 4.32. The Morgan fingerprint density at radius 3 is 2.36 bits per heavy atom. The summed E-state index contributed by atoms with van der Waals surface area (Å²) in [4.78, 5) is 38.1. The second kappa shape index (κ2) is 11.5. The third-order valence-corrected chi connectivity index (χ3v) is 6.28. The average molecular weight is 487 g/mol. The molecule has 0 saturated heterocycles. The molecule has 0 unspecified atom stereocenters. The summed E-state index contributed by atoms with van der Waals surface area (Å²) >= 11 is 0. The van der Waals surface area contributed by atoms with Crippen molar-refractivity contribution in [3.05, 3.63) is 76.0 Å². The molecule has 0 saturated carbocycles. The molecule has 0 aliphatic heterocycles. The van der Waals surface area contributed by atoms with Crippen LogP contribution in [0, 0.1) is 0 Å². The molecule has 9 nitrogen and oxygen atoms in total. The van der Waals surface area contributed by atoms with Gasteiger partial charge in [-0.3, -0.25) is 14.2 Å². The molecule has 186 valence electrons. The van der Waals surface area contributed by atoms with E-state index in [-0.39, 0.29) is 24.6 Å². The SMILES string of the molecule is CCCCC(=O)n1c(C=O)c(CCCC)n(Cc2ccc(-c3ccccc3-c3nn[nH]n3)cc2)c1=O. The van der Waals surface area contributed by atoms with Crippen molar-refractivity contribution in [1.29, 1.82) is 0 Å². The number of aromatic nitrogens is 6. The molecule has 36 heavy (non-hydrogen) atoms. The summed E-state index contributed by atoms with van der Waals surface area (Å²) < 4.78 is 2.65. The highest BCUT2D eigenvalue weighted by Crippen LogP contribution is 2.29. The first-order valence-electron chi connectivity index (χ1n) is 12.3. The fraction of sp³-hybridized carbons (Fsp3) is 0.333. The summed E-state index contributed by atoms with van der Waals surface area (Å²) in [6, 6.07) is 15.7. The van der Waals surface area contributed by atoms with Gasteiger partial charge in [0.15, 0.2) is 6.29 Å². The van der Waals surface area contributed by atoms with E-state index in [1.54, 1.807) is 4.57 Å². The van der Waals surface area contributed by atoms with Crippen LogP contribution in [-0.4, -0.2) is 42.0 Å². The Morgan fingerprint density at radius 2 is 1.72 bits per heavy atom. The highest BCUT2D eigenvalue weighted by Gasteiger charge is 2.23. The molecule has 4 aromatic rings. The van der Waals surface area contributed by atoms with Crippen molar-refractivity contribution < 1.29 is 9.59 Å². The van der Waals surface area contributed by atoms with Gasteiger partial charge in [-0.05, 0) is 41.2 Å². The van der Waals surface area contributed by atoms with E-state index in [9.17, 15) is 14.4 Å². The second-order valence-electron chi connectivity index (χ2n) is 8.73. The molecule has 2 heterocycles. The maximum absolute atomic E-state index is 13.3. The Bertz CT molecular complexity index is 1380. The zero-order valence-electron chi connectivity index (χ0n) is 20.6. The zero-order valence-corrected chi connectivity index (χ0v) is 20.6. The number of unbranched alkanes of at least 4 members (excludes halogenated alkanes) is 2. The molecular weight excluding hydrogens is 456 g/mol. The molecule has 1 N–H and O–H groups in total. The molecule has 0 aliphatic rings. The van der Waals surface area contributed by atoms with E-state index in [1.807, 2.05) is 55.5 Å².